The van der Waals surface area contributed by atoms with E-state index in [1.165, 1.54) is 0 Å². The lowest BCUT2D eigenvalue weighted by Gasteiger charge is -2.12. The topological polar surface area (TPSA) is 29.1 Å². The summed E-state index contributed by atoms with van der Waals surface area (Å²) >= 11 is 3.18. The van der Waals surface area contributed by atoms with Gasteiger partial charge in [0.2, 0.25) is 5.91 Å². The predicted molar refractivity (Wildman–Crippen MR) is 50.8 cm³/mol. The first-order valence-electron chi connectivity index (χ1n) is 3.63. The van der Waals surface area contributed by atoms with Gasteiger partial charge in [0.05, 0.1) is 4.83 Å². The molecule has 0 aromatic carbocycles. The smallest absolute Gasteiger partial charge is 0.233 e. The average Bonchev–Trinajstić information content (AvgIpc) is 1.87. The van der Waals surface area contributed by atoms with Gasteiger partial charge in [0.15, 0.2) is 0 Å². The maximum atomic E-state index is 11.0. The van der Waals surface area contributed by atoms with Crippen molar-refractivity contribution in [2.75, 3.05) is 0 Å². The van der Waals surface area contributed by atoms with E-state index in [9.17, 15) is 4.79 Å². The standard InChI is InChI=1S/C8H14BrNO/c1-4-5-6(2)10-8(11)7(3)9/h4,6-7H,1,5H2,2-3H3,(H,10,11). The maximum Gasteiger partial charge on any atom is 0.233 e. The van der Waals surface area contributed by atoms with Gasteiger partial charge in [-0.25, -0.2) is 0 Å². The maximum absolute atomic E-state index is 11.0. The monoisotopic (exact) mass is 219 g/mol. The van der Waals surface area contributed by atoms with Crippen LogP contribution < -0.4 is 5.32 Å². The second-order valence-corrected chi connectivity index (χ2v) is 3.92. The van der Waals surface area contributed by atoms with Gasteiger partial charge in [0.25, 0.3) is 0 Å². The SMILES string of the molecule is C=CCC(C)NC(=O)C(C)Br. The zero-order valence-electron chi connectivity index (χ0n) is 6.93. The highest BCUT2D eigenvalue weighted by Crippen LogP contribution is 1.98. The van der Waals surface area contributed by atoms with E-state index in [1.807, 2.05) is 6.92 Å². The van der Waals surface area contributed by atoms with Crippen molar-refractivity contribution in [1.82, 2.24) is 5.32 Å². The van der Waals surface area contributed by atoms with Gasteiger partial charge in [0.1, 0.15) is 0 Å². The van der Waals surface area contributed by atoms with Crippen LogP contribution in [0.15, 0.2) is 12.7 Å². The van der Waals surface area contributed by atoms with Crippen LogP contribution in [-0.2, 0) is 4.79 Å². The van der Waals surface area contributed by atoms with Crippen LogP contribution in [0.3, 0.4) is 0 Å². The molecule has 0 heterocycles. The molecule has 0 saturated heterocycles. The minimum Gasteiger partial charge on any atom is -0.352 e. The van der Waals surface area contributed by atoms with Gasteiger partial charge in [-0.2, -0.15) is 0 Å². The number of amides is 1. The fraction of sp³-hybridized carbons (Fsp3) is 0.625. The molecule has 2 nitrogen and oxygen atoms in total. The van der Waals surface area contributed by atoms with Gasteiger partial charge < -0.3 is 5.32 Å². The number of carbonyl (C=O) groups is 1. The number of rotatable bonds is 4. The van der Waals surface area contributed by atoms with Crippen molar-refractivity contribution >= 4 is 21.8 Å². The first-order valence-corrected chi connectivity index (χ1v) is 4.54. The molecular formula is C8H14BrNO. The first-order chi connectivity index (χ1) is 5.07. The van der Waals surface area contributed by atoms with E-state index in [2.05, 4.69) is 27.8 Å². The Bertz CT molecular complexity index is 145. The van der Waals surface area contributed by atoms with Crippen molar-refractivity contribution in [1.29, 1.82) is 0 Å². The Morgan fingerprint density at radius 3 is 2.64 bits per heavy atom. The van der Waals surface area contributed by atoms with Crippen LogP contribution >= 0.6 is 15.9 Å². The number of alkyl halides is 1. The molecule has 0 aliphatic rings. The molecule has 0 spiro atoms. The quantitative estimate of drug-likeness (QED) is 0.568. The van der Waals surface area contributed by atoms with Gasteiger partial charge in [-0.3, -0.25) is 4.79 Å². The summed E-state index contributed by atoms with van der Waals surface area (Å²) in [5, 5.41) is 2.82. The van der Waals surface area contributed by atoms with Gasteiger partial charge in [-0.1, -0.05) is 22.0 Å². The fourth-order valence-electron chi connectivity index (χ4n) is 0.667. The van der Waals surface area contributed by atoms with Crippen LogP contribution in [-0.4, -0.2) is 16.8 Å². The van der Waals surface area contributed by atoms with E-state index in [4.69, 9.17) is 0 Å². The van der Waals surface area contributed by atoms with Crippen molar-refractivity contribution in [2.24, 2.45) is 0 Å². The van der Waals surface area contributed by atoms with E-state index in [0.717, 1.165) is 6.42 Å². The molecule has 1 amide bonds. The molecule has 0 radical (unpaired) electrons. The van der Waals surface area contributed by atoms with Gasteiger partial charge >= 0.3 is 0 Å². The summed E-state index contributed by atoms with van der Waals surface area (Å²) in [6.45, 7) is 7.34. The van der Waals surface area contributed by atoms with Crippen molar-refractivity contribution in [3.63, 3.8) is 0 Å². The Morgan fingerprint density at radius 2 is 2.27 bits per heavy atom. The zero-order chi connectivity index (χ0) is 8.85. The number of carbonyl (C=O) groups excluding carboxylic acids is 1. The molecule has 3 heteroatoms. The molecular weight excluding hydrogens is 206 g/mol. The molecule has 11 heavy (non-hydrogen) atoms. The van der Waals surface area contributed by atoms with Crippen LogP contribution in [0.5, 0.6) is 0 Å². The van der Waals surface area contributed by atoms with Crippen LogP contribution in [0.25, 0.3) is 0 Å². The molecule has 0 rings (SSSR count). The third-order valence-corrected chi connectivity index (χ3v) is 1.69. The van der Waals surface area contributed by atoms with Crippen molar-refractivity contribution in [3.8, 4) is 0 Å². The molecule has 0 aliphatic carbocycles. The highest BCUT2D eigenvalue weighted by molar-refractivity contribution is 9.10. The lowest BCUT2D eigenvalue weighted by atomic mass is 10.2. The zero-order valence-corrected chi connectivity index (χ0v) is 8.52. The molecule has 0 aliphatic heterocycles. The molecule has 0 bridgehead atoms. The molecule has 0 saturated carbocycles. The second kappa shape index (κ2) is 5.35. The van der Waals surface area contributed by atoms with E-state index in [1.54, 1.807) is 13.0 Å². The highest BCUT2D eigenvalue weighted by Gasteiger charge is 2.10. The van der Waals surface area contributed by atoms with Gasteiger partial charge in [-0.05, 0) is 20.3 Å². The Hall–Kier alpha value is -0.310. The molecule has 0 aromatic rings. The number of hydrogen-bond donors (Lipinski definition) is 1. The summed E-state index contributed by atoms with van der Waals surface area (Å²) in [5.74, 6) is 0.0272. The minimum atomic E-state index is -0.116. The Balaban J connectivity index is 3.65. The second-order valence-electron chi connectivity index (χ2n) is 2.55. The van der Waals surface area contributed by atoms with Gasteiger partial charge in [-0.15, -0.1) is 6.58 Å². The van der Waals surface area contributed by atoms with Gasteiger partial charge in [0, 0.05) is 6.04 Å². The minimum absolute atomic E-state index is 0.0272. The van der Waals surface area contributed by atoms with E-state index < -0.39 is 0 Å². The lowest BCUT2D eigenvalue weighted by molar-refractivity contribution is -0.120. The van der Waals surface area contributed by atoms with Crippen molar-refractivity contribution in [3.05, 3.63) is 12.7 Å². The molecule has 0 aromatic heterocycles. The summed E-state index contributed by atoms with van der Waals surface area (Å²) in [6.07, 6.45) is 2.61. The average molecular weight is 220 g/mol. The van der Waals surface area contributed by atoms with E-state index >= 15 is 0 Å². The van der Waals surface area contributed by atoms with Crippen molar-refractivity contribution < 1.29 is 4.79 Å². The third-order valence-electron chi connectivity index (χ3n) is 1.27. The Kier molecular flexibility index (Phi) is 5.20. The van der Waals surface area contributed by atoms with Crippen LogP contribution in [0.2, 0.25) is 0 Å². The summed E-state index contributed by atoms with van der Waals surface area (Å²) < 4.78 is 0. The number of halogens is 1. The summed E-state index contributed by atoms with van der Waals surface area (Å²) in [4.78, 5) is 10.9. The molecule has 2 atom stereocenters. The van der Waals surface area contributed by atoms with Crippen LogP contribution in [0, 0.1) is 0 Å². The van der Waals surface area contributed by atoms with E-state index in [0.29, 0.717) is 0 Å². The number of hydrogen-bond acceptors (Lipinski definition) is 1. The summed E-state index contributed by atoms with van der Waals surface area (Å²) in [7, 11) is 0. The van der Waals surface area contributed by atoms with Crippen LogP contribution in [0.1, 0.15) is 20.3 Å². The molecule has 2 unspecified atom stereocenters. The molecule has 0 fully saturated rings. The predicted octanol–water partition coefficient (Wildman–Crippen LogP) is 1.85. The van der Waals surface area contributed by atoms with E-state index in [-0.39, 0.29) is 16.8 Å². The largest absolute Gasteiger partial charge is 0.352 e. The van der Waals surface area contributed by atoms with Crippen LogP contribution in [0.4, 0.5) is 0 Å². The summed E-state index contributed by atoms with van der Waals surface area (Å²) in [5.41, 5.74) is 0. The Morgan fingerprint density at radius 1 is 1.73 bits per heavy atom. The fourth-order valence-corrected chi connectivity index (χ4v) is 0.799. The lowest BCUT2D eigenvalue weighted by Crippen LogP contribution is -2.36. The number of nitrogens with one attached hydrogen (secondary N) is 1. The molecule has 1 N–H and O–H groups in total. The van der Waals surface area contributed by atoms with Crippen molar-refractivity contribution in [2.45, 2.75) is 31.1 Å². The molecule has 64 valence electrons. The summed E-state index contributed by atoms with van der Waals surface area (Å²) in [6, 6.07) is 0.181. The highest BCUT2D eigenvalue weighted by atomic mass is 79.9. The Labute approximate surface area is 76.2 Å². The third kappa shape index (κ3) is 5.01. The normalized spacial score (nSPS) is 15.2. The first kappa shape index (κ1) is 10.7.